The molecule has 1 rings (SSSR count). The highest BCUT2D eigenvalue weighted by Crippen LogP contribution is 2.38. The highest BCUT2D eigenvalue weighted by Gasteiger charge is 2.45. The van der Waals surface area contributed by atoms with Crippen molar-refractivity contribution in [3.05, 3.63) is 0 Å². The number of carbonyl (C=O) groups excluding carboxylic acids is 1. The van der Waals surface area contributed by atoms with E-state index in [9.17, 15) is 13.6 Å². The SMILES string of the molecule is O=C(NCCO)C1CCCCC1(F)F. The smallest absolute Gasteiger partial charge is 0.259 e. The van der Waals surface area contributed by atoms with Gasteiger partial charge in [0.15, 0.2) is 0 Å². The number of carbonyl (C=O) groups is 1. The van der Waals surface area contributed by atoms with Crippen LogP contribution in [-0.2, 0) is 4.79 Å². The fourth-order valence-corrected chi connectivity index (χ4v) is 1.72. The summed E-state index contributed by atoms with van der Waals surface area (Å²) in [6.07, 6.45) is 1.19. The van der Waals surface area contributed by atoms with Crippen molar-refractivity contribution in [1.29, 1.82) is 0 Å². The second-order valence-electron chi connectivity index (χ2n) is 3.57. The monoisotopic (exact) mass is 207 g/mol. The lowest BCUT2D eigenvalue weighted by molar-refractivity contribution is -0.145. The Morgan fingerprint density at radius 1 is 1.50 bits per heavy atom. The van der Waals surface area contributed by atoms with Crippen LogP contribution in [0.2, 0.25) is 0 Å². The van der Waals surface area contributed by atoms with Crippen molar-refractivity contribution < 1.29 is 18.7 Å². The molecule has 0 aromatic rings. The molecule has 0 aliphatic heterocycles. The maximum atomic E-state index is 13.2. The zero-order valence-corrected chi connectivity index (χ0v) is 7.93. The molecule has 0 aromatic heterocycles. The van der Waals surface area contributed by atoms with E-state index < -0.39 is 17.7 Å². The summed E-state index contributed by atoms with van der Waals surface area (Å²) in [6.45, 7) is -0.171. The molecule has 1 amide bonds. The third-order valence-electron chi connectivity index (χ3n) is 2.49. The zero-order valence-electron chi connectivity index (χ0n) is 7.93. The van der Waals surface area contributed by atoms with Gasteiger partial charge in [-0.3, -0.25) is 4.79 Å². The Morgan fingerprint density at radius 2 is 2.21 bits per heavy atom. The number of alkyl halides is 2. The summed E-state index contributed by atoms with van der Waals surface area (Å²) in [5, 5.41) is 10.7. The van der Waals surface area contributed by atoms with Gasteiger partial charge in [0.05, 0.1) is 6.61 Å². The highest BCUT2D eigenvalue weighted by molar-refractivity contribution is 5.79. The van der Waals surface area contributed by atoms with Crippen LogP contribution in [0.15, 0.2) is 0 Å². The molecule has 82 valence electrons. The fourth-order valence-electron chi connectivity index (χ4n) is 1.72. The molecule has 5 heteroatoms. The number of rotatable bonds is 3. The number of amides is 1. The van der Waals surface area contributed by atoms with Gasteiger partial charge in [-0.05, 0) is 12.8 Å². The first-order valence-corrected chi connectivity index (χ1v) is 4.84. The normalized spacial score (nSPS) is 25.8. The van der Waals surface area contributed by atoms with Gasteiger partial charge in [0, 0.05) is 13.0 Å². The van der Waals surface area contributed by atoms with E-state index >= 15 is 0 Å². The average molecular weight is 207 g/mol. The number of halogens is 2. The predicted molar refractivity (Wildman–Crippen MR) is 47.0 cm³/mol. The van der Waals surface area contributed by atoms with Gasteiger partial charge < -0.3 is 10.4 Å². The molecule has 1 atom stereocenters. The molecule has 0 saturated heterocycles. The minimum atomic E-state index is -2.88. The van der Waals surface area contributed by atoms with E-state index in [-0.39, 0.29) is 26.0 Å². The minimum Gasteiger partial charge on any atom is -0.395 e. The van der Waals surface area contributed by atoms with E-state index in [1.165, 1.54) is 0 Å². The average Bonchev–Trinajstić information content (AvgIpc) is 2.13. The molecule has 0 aromatic carbocycles. The van der Waals surface area contributed by atoms with E-state index in [1.54, 1.807) is 0 Å². The van der Waals surface area contributed by atoms with Crippen LogP contribution in [0.5, 0.6) is 0 Å². The molecule has 0 heterocycles. The Labute approximate surface area is 81.5 Å². The third kappa shape index (κ3) is 2.64. The van der Waals surface area contributed by atoms with Crippen LogP contribution < -0.4 is 5.32 Å². The van der Waals surface area contributed by atoms with Crippen molar-refractivity contribution in [1.82, 2.24) is 5.32 Å². The molecule has 0 spiro atoms. The summed E-state index contributed by atoms with van der Waals surface area (Å²) in [4.78, 5) is 11.3. The molecular formula is C9H15F2NO2. The zero-order chi connectivity index (χ0) is 10.6. The third-order valence-corrected chi connectivity index (χ3v) is 2.49. The number of nitrogens with one attached hydrogen (secondary N) is 1. The predicted octanol–water partition coefficient (Wildman–Crippen LogP) is 0.920. The largest absolute Gasteiger partial charge is 0.395 e. The van der Waals surface area contributed by atoms with Gasteiger partial charge in [-0.2, -0.15) is 0 Å². The Balaban J connectivity index is 2.51. The van der Waals surface area contributed by atoms with Crippen LogP contribution in [-0.4, -0.2) is 30.1 Å². The van der Waals surface area contributed by atoms with Gasteiger partial charge in [0.1, 0.15) is 5.92 Å². The van der Waals surface area contributed by atoms with Gasteiger partial charge in [0.25, 0.3) is 5.92 Å². The molecule has 14 heavy (non-hydrogen) atoms. The molecule has 0 radical (unpaired) electrons. The second-order valence-corrected chi connectivity index (χ2v) is 3.57. The van der Waals surface area contributed by atoms with E-state index in [4.69, 9.17) is 5.11 Å². The molecule has 0 bridgehead atoms. The fraction of sp³-hybridized carbons (Fsp3) is 0.889. The summed E-state index contributed by atoms with van der Waals surface area (Å²) in [6, 6.07) is 0. The van der Waals surface area contributed by atoms with E-state index in [2.05, 4.69) is 5.32 Å². The standard InChI is InChI=1S/C9H15F2NO2/c10-9(11)4-2-1-3-7(9)8(14)12-5-6-13/h7,13H,1-6H2,(H,12,14). The maximum Gasteiger partial charge on any atom is 0.259 e. The van der Waals surface area contributed by atoms with Crippen LogP contribution in [0.1, 0.15) is 25.7 Å². The van der Waals surface area contributed by atoms with Crippen molar-refractivity contribution in [2.75, 3.05) is 13.2 Å². The number of aliphatic hydroxyl groups excluding tert-OH is 1. The number of hydrogen-bond donors (Lipinski definition) is 2. The van der Waals surface area contributed by atoms with Crippen molar-refractivity contribution in [3.63, 3.8) is 0 Å². The number of aliphatic hydroxyl groups is 1. The van der Waals surface area contributed by atoms with Crippen LogP contribution in [0.25, 0.3) is 0 Å². The molecule has 2 N–H and O–H groups in total. The van der Waals surface area contributed by atoms with Crippen molar-refractivity contribution in [2.45, 2.75) is 31.6 Å². The van der Waals surface area contributed by atoms with Crippen molar-refractivity contribution >= 4 is 5.91 Å². The Bertz CT molecular complexity index is 209. The lowest BCUT2D eigenvalue weighted by Gasteiger charge is -2.29. The second kappa shape index (κ2) is 4.68. The van der Waals surface area contributed by atoms with Crippen LogP contribution in [0.3, 0.4) is 0 Å². The van der Waals surface area contributed by atoms with E-state index in [0.717, 1.165) is 0 Å². The van der Waals surface area contributed by atoms with Gasteiger partial charge in [-0.1, -0.05) is 6.42 Å². The van der Waals surface area contributed by atoms with Gasteiger partial charge >= 0.3 is 0 Å². The maximum absolute atomic E-state index is 13.2. The van der Waals surface area contributed by atoms with Crippen LogP contribution >= 0.6 is 0 Å². The van der Waals surface area contributed by atoms with Crippen molar-refractivity contribution in [2.24, 2.45) is 5.92 Å². The Kier molecular flexibility index (Phi) is 3.80. The van der Waals surface area contributed by atoms with Gasteiger partial charge in [-0.25, -0.2) is 8.78 Å². The van der Waals surface area contributed by atoms with Crippen molar-refractivity contribution in [3.8, 4) is 0 Å². The topological polar surface area (TPSA) is 49.3 Å². The summed E-state index contributed by atoms with van der Waals surface area (Å²) in [7, 11) is 0. The molecular weight excluding hydrogens is 192 g/mol. The minimum absolute atomic E-state index is 0.0470. The Morgan fingerprint density at radius 3 is 2.79 bits per heavy atom. The molecule has 1 saturated carbocycles. The first-order chi connectivity index (χ1) is 6.58. The molecule has 1 unspecified atom stereocenters. The summed E-state index contributed by atoms with van der Waals surface area (Å²) >= 11 is 0. The van der Waals surface area contributed by atoms with Gasteiger partial charge in [0.2, 0.25) is 5.91 Å². The van der Waals surface area contributed by atoms with Crippen LogP contribution in [0, 0.1) is 5.92 Å². The Hall–Kier alpha value is -0.710. The summed E-state index contributed by atoms with van der Waals surface area (Å²) in [5.41, 5.74) is 0. The van der Waals surface area contributed by atoms with Gasteiger partial charge in [-0.15, -0.1) is 0 Å². The lowest BCUT2D eigenvalue weighted by atomic mass is 9.85. The summed E-state index contributed by atoms with van der Waals surface area (Å²) in [5.74, 6) is -4.72. The molecule has 3 nitrogen and oxygen atoms in total. The summed E-state index contributed by atoms with van der Waals surface area (Å²) < 4.78 is 26.4. The van der Waals surface area contributed by atoms with Crippen LogP contribution in [0.4, 0.5) is 8.78 Å². The quantitative estimate of drug-likeness (QED) is 0.723. The first kappa shape index (κ1) is 11.4. The molecule has 1 aliphatic rings. The highest BCUT2D eigenvalue weighted by atomic mass is 19.3. The number of hydrogen-bond acceptors (Lipinski definition) is 2. The van der Waals surface area contributed by atoms with E-state index in [1.807, 2.05) is 0 Å². The van der Waals surface area contributed by atoms with E-state index in [0.29, 0.717) is 12.8 Å². The first-order valence-electron chi connectivity index (χ1n) is 4.84. The molecule has 1 aliphatic carbocycles. The molecule has 1 fully saturated rings. The lowest BCUT2D eigenvalue weighted by Crippen LogP contribution is -2.44.